The van der Waals surface area contributed by atoms with E-state index in [9.17, 15) is 8.42 Å². The van der Waals surface area contributed by atoms with E-state index in [2.05, 4.69) is 32.2 Å². The Morgan fingerprint density at radius 2 is 1.83 bits per heavy atom. The molecule has 5 aromatic rings. The Morgan fingerprint density at radius 3 is 2.60 bits per heavy atom. The summed E-state index contributed by atoms with van der Waals surface area (Å²) in [6.07, 6.45) is 5.76. The van der Waals surface area contributed by atoms with Crippen LogP contribution in [0.5, 0.6) is 0 Å². The van der Waals surface area contributed by atoms with Crippen LogP contribution < -0.4 is 5.73 Å². The van der Waals surface area contributed by atoms with Crippen LogP contribution in [0.2, 0.25) is 0 Å². The summed E-state index contributed by atoms with van der Waals surface area (Å²) < 4.78 is 26.3. The van der Waals surface area contributed by atoms with Crippen LogP contribution in [0.3, 0.4) is 0 Å². The van der Waals surface area contributed by atoms with E-state index in [4.69, 9.17) is 5.73 Å². The molecule has 0 spiro atoms. The van der Waals surface area contributed by atoms with Gasteiger partial charge in [-0.15, -0.1) is 0 Å². The van der Waals surface area contributed by atoms with E-state index in [0.717, 1.165) is 39.4 Å². The number of pyridine rings is 1. The van der Waals surface area contributed by atoms with Crippen LogP contribution in [-0.4, -0.2) is 39.2 Å². The number of rotatable bonds is 6. The standard InChI is InChI=1S/C26H26N6O2S/c1-16(2)22-15-29-32-23(30-26(31-25(22)32)35(3,33)34)11-8-17-6-4-5-7-20(17)24-21-10-9-19(27)14-18(21)12-13-28-24/h4-7,9-10,12-16H,8,11,27H2,1-3H3. The lowest BCUT2D eigenvalue weighted by Crippen LogP contribution is -2.13. The Bertz CT molecular complexity index is 1670. The fourth-order valence-corrected chi connectivity index (χ4v) is 4.81. The van der Waals surface area contributed by atoms with Gasteiger partial charge in [0.05, 0.1) is 11.9 Å². The molecule has 5 rings (SSSR count). The Labute approximate surface area is 203 Å². The van der Waals surface area contributed by atoms with Crippen molar-refractivity contribution in [2.45, 2.75) is 37.8 Å². The number of hydrogen-bond donors (Lipinski definition) is 1. The van der Waals surface area contributed by atoms with Gasteiger partial charge in [-0.05, 0) is 41.5 Å². The van der Waals surface area contributed by atoms with Gasteiger partial charge >= 0.3 is 0 Å². The Morgan fingerprint density at radius 1 is 1.03 bits per heavy atom. The Balaban J connectivity index is 1.58. The number of nitrogens with two attached hydrogens (primary N) is 1. The third-order valence-electron chi connectivity index (χ3n) is 6.07. The van der Waals surface area contributed by atoms with Crippen molar-refractivity contribution in [2.24, 2.45) is 0 Å². The van der Waals surface area contributed by atoms with Crippen molar-refractivity contribution in [2.75, 3.05) is 12.0 Å². The van der Waals surface area contributed by atoms with E-state index in [1.807, 2.05) is 50.2 Å². The third-order valence-corrected chi connectivity index (χ3v) is 6.92. The van der Waals surface area contributed by atoms with Gasteiger partial charge in [0.2, 0.25) is 9.84 Å². The molecule has 0 radical (unpaired) electrons. The molecule has 0 fully saturated rings. The highest BCUT2D eigenvalue weighted by atomic mass is 32.2. The van der Waals surface area contributed by atoms with Crippen molar-refractivity contribution in [3.8, 4) is 11.3 Å². The molecule has 0 unspecified atom stereocenters. The maximum absolute atomic E-state index is 12.3. The molecule has 0 amide bonds. The summed E-state index contributed by atoms with van der Waals surface area (Å²) in [6, 6.07) is 15.9. The number of nitrogen functional groups attached to an aromatic ring is 1. The highest BCUT2D eigenvalue weighted by Gasteiger charge is 2.20. The summed E-state index contributed by atoms with van der Waals surface area (Å²) in [4.78, 5) is 13.4. The second-order valence-corrected chi connectivity index (χ2v) is 10.9. The number of fused-ring (bicyclic) bond motifs is 2. The van der Waals surface area contributed by atoms with Gasteiger partial charge in [-0.2, -0.15) is 10.1 Å². The van der Waals surface area contributed by atoms with Crippen molar-refractivity contribution in [3.63, 3.8) is 0 Å². The highest BCUT2D eigenvalue weighted by molar-refractivity contribution is 7.90. The first kappa shape index (κ1) is 22.9. The lowest BCUT2D eigenvalue weighted by Gasteiger charge is -2.12. The molecule has 0 aliphatic heterocycles. The van der Waals surface area contributed by atoms with Crippen LogP contribution in [0.25, 0.3) is 27.7 Å². The average molecular weight is 487 g/mol. The average Bonchev–Trinajstić information content (AvgIpc) is 3.26. The predicted molar refractivity (Wildman–Crippen MR) is 137 cm³/mol. The van der Waals surface area contributed by atoms with Gasteiger partial charge in [0.15, 0.2) is 5.65 Å². The molecule has 0 saturated carbocycles. The van der Waals surface area contributed by atoms with Crippen LogP contribution in [0, 0.1) is 0 Å². The van der Waals surface area contributed by atoms with E-state index in [1.165, 1.54) is 0 Å². The zero-order chi connectivity index (χ0) is 24.7. The molecular formula is C26H26N6O2S. The summed E-state index contributed by atoms with van der Waals surface area (Å²) >= 11 is 0. The maximum atomic E-state index is 12.3. The molecule has 2 aromatic carbocycles. The topological polar surface area (TPSA) is 116 Å². The molecule has 0 aliphatic rings. The molecule has 2 N–H and O–H groups in total. The van der Waals surface area contributed by atoms with Gasteiger partial charge in [0.25, 0.3) is 5.16 Å². The fraction of sp³-hybridized carbons (Fsp3) is 0.231. The molecule has 8 nitrogen and oxygen atoms in total. The second kappa shape index (κ2) is 8.74. The summed E-state index contributed by atoms with van der Waals surface area (Å²) in [5.41, 5.74) is 11.1. The largest absolute Gasteiger partial charge is 0.399 e. The maximum Gasteiger partial charge on any atom is 0.250 e. The molecule has 35 heavy (non-hydrogen) atoms. The van der Waals surface area contributed by atoms with Crippen LogP contribution in [-0.2, 0) is 22.7 Å². The minimum absolute atomic E-state index is 0.148. The molecule has 0 saturated heterocycles. The van der Waals surface area contributed by atoms with Gasteiger partial charge in [-0.25, -0.2) is 17.9 Å². The van der Waals surface area contributed by atoms with Crippen LogP contribution in [0.1, 0.15) is 36.7 Å². The van der Waals surface area contributed by atoms with E-state index < -0.39 is 9.84 Å². The van der Waals surface area contributed by atoms with Crippen molar-refractivity contribution < 1.29 is 8.42 Å². The van der Waals surface area contributed by atoms with E-state index in [-0.39, 0.29) is 11.1 Å². The summed E-state index contributed by atoms with van der Waals surface area (Å²) in [7, 11) is -3.58. The van der Waals surface area contributed by atoms with Gasteiger partial charge in [-0.3, -0.25) is 4.98 Å². The minimum Gasteiger partial charge on any atom is -0.399 e. The lowest BCUT2D eigenvalue weighted by atomic mass is 9.96. The number of sulfone groups is 1. The molecular weight excluding hydrogens is 460 g/mol. The molecule has 3 heterocycles. The Kier molecular flexibility index (Phi) is 5.72. The number of aromatic nitrogens is 5. The lowest BCUT2D eigenvalue weighted by molar-refractivity contribution is 0.588. The van der Waals surface area contributed by atoms with E-state index in [1.54, 1.807) is 16.9 Å². The molecule has 0 atom stereocenters. The molecule has 0 bridgehead atoms. The summed E-state index contributed by atoms with van der Waals surface area (Å²) in [6.45, 7) is 4.06. The third kappa shape index (κ3) is 4.35. The zero-order valence-electron chi connectivity index (χ0n) is 19.8. The molecule has 9 heteroatoms. The predicted octanol–water partition coefficient (Wildman–Crippen LogP) is 4.23. The van der Waals surface area contributed by atoms with Gasteiger partial charge < -0.3 is 5.73 Å². The van der Waals surface area contributed by atoms with Gasteiger partial charge in [0, 0.05) is 41.1 Å². The smallest absolute Gasteiger partial charge is 0.250 e. The number of anilines is 1. The van der Waals surface area contributed by atoms with Gasteiger partial charge in [0.1, 0.15) is 5.82 Å². The van der Waals surface area contributed by atoms with Crippen LogP contribution >= 0.6 is 0 Å². The number of nitrogens with zero attached hydrogens (tertiary/aromatic N) is 5. The second-order valence-electron chi connectivity index (χ2n) is 8.98. The Hall–Kier alpha value is -3.85. The van der Waals surface area contributed by atoms with Gasteiger partial charge in [-0.1, -0.05) is 44.2 Å². The first-order valence-corrected chi connectivity index (χ1v) is 13.3. The molecule has 3 aromatic heterocycles. The number of benzene rings is 2. The van der Waals surface area contributed by atoms with E-state index in [0.29, 0.717) is 30.0 Å². The molecule has 178 valence electrons. The number of hydrogen-bond acceptors (Lipinski definition) is 7. The summed E-state index contributed by atoms with van der Waals surface area (Å²) in [5.74, 6) is 0.700. The monoisotopic (exact) mass is 486 g/mol. The summed E-state index contributed by atoms with van der Waals surface area (Å²) in [5, 5.41) is 6.35. The van der Waals surface area contributed by atoms with Crippen molar-refractivity contribution >= 4 is 31.9 Å². The first-order chi connectivity index (χ1) is 16.7. The molecule has 0 aliphatic carbocycles. The zero-order valence-corrected chi connectivity index (χ0v) is 20.6. The highest BCUT2D eigenvalue weighted by Crippen LogP contribution is 2.31. The van der Waals surface area contributed by atoms with Crippen LogP contribution in [0.15, 0.2) is 66.1 Å². The minimum atomic E-state index is -3.58. The van der Waals surface area contributed by atoms with E-state index >= 15 is 0 Å². The number of aryl methyl sites for hydroxylation is 2. The van der Waals surface area contributed by atoms with Crippen molar-refractivity contribution in [1.29, 1.82) is 0 Å². The SMILES string of the molecule is CC(C)c1cnn2c(CCc3ccccc3-c3nccc4cc(N)ccc34)nc(S(C)(=O)=O)nc12. The fourth-order valence-electron chi connectivity index (χ4n) is 4.29. The normalized spacial score (nSPS) is 12.1. The first-order valence-electron chi connectivity index (χ1n) is 11.4. The van der Waals surface area contributed by atoms with Crippen molar-refractivity contribution in [3.05, 3.63) is 77.9 Å². The quantitative estimate of drug-likeness (QED) is 0.357. The van der Waals surface area contributed by atoms with Crippen LogP contribution in [0.4, 0.5) is 5.69 Å². The van der Waals surface area contributed by atoms with Crippen molar-refractivity contribution in [1.82, 2.24) is 24.6 Å².